The summed E-state index contributed by atoms with van der Waals surface area (Å²) in [5.74, 6) is -0.511. The molecule has 11 heteroatoms. The van der Waals surface area contributed by atoms with Gasteiger partial charge in [-0.15, -0.1) is 0 Å². The second-order valence-electron chi connectivity index (χ2n) is 6.36. The van der Waals surface area contributed by atoms with Gasteiger partial charge in [0.25, 0.3) is 0 Å². The quantitative estimate of drug-likeness (QED) is 0.512. The van der Waals surface area contributed by atoms with Crippen molar-refractivity contribution in [3.8, 4) is 5.69 Å². The van der Waals surface area contributed by atoms with Crippen molar-refractivity contribution < 1.29 is 13.2 Å². The Morgan fingerprint density at radius 3 is 2.50 bits per heavy atom. The van der Waals surface area contributed by atoms with Crippen LogP contribution in [0, 0.1) is 0 Å². The van der Waals surface area contributed by atoms with Gasteiger partial charge in [-0.05, 0) is 23.8 Å². The van der Waals surface area contributed by atoms with Gasteiger partial charge in [-0.25, -0.2) is 13.4 Å². The van der Waals surface area contributed by atoms with Gasteiger partial charge in [0, 0.05) is 18.9 Å². The van der Waals surface area contributed by atoms with E-state index in [-0.39, 0.29) is 27.3 Å². The lowest BCUT2D eigenvalue weighted by molar-refractivity contribution is -0.119. The molecule has 1 heterocycles. The molecule has 0 bridgehead atoms. The lowest BCUT2D eigenvalue weighted by Gasteiger charge is -2.23. The highest BCUT2D eigenvalue weighted by Crippen LogP contribution is 2.35. The van der Waals surface area contributed by atoms with Crippen LogP contribution in [0.25, 0.3) is 5.69 Å². The van der Waals surface area contributed by atoms with Gasteiger partial charge in [0.05, 0.1) is 39.0 Å². The van der Waals surface area contributed by atoms with Crippen LogP contribution in [-0.2, 0) is 21.4 Å². The lowest BCUT2D eigenvalue weighted by Crippen LogP contribution is -2.40. The van der Waals surface area contributed by atoms with Crippen molar-refractivity contribution in [3.63, 3.8) is 0 Å². The third kappa shape index (κ3) is 5.26. The zero-order valence-electron chi connectivity index (χ0n) is 15.7. The topological polar surface area (TPSA) is 84.3 Å². The zero-order chi connectivity index (χ0) is 21.9. The number of halogens is 3. The van der Waals surface area contributed by atoms with Crippen LogP contribution in [0.5, 0.6) is 0 Å². The maximum Gasteiger partial charge on any atom is 0.241 e. The van der Waals surface area contributed by atoms with Crippen molar-refractivity contribution in [3.05, 3.63) is 75.8 Å². The van der Waals surface area contributed by atoms with Gasteiger partial charge >= 0.3 is 0 Å². The molecule has 0 saturated carbocycles. The average Bonchev–Trinajstić information content (AvgIpc) is 3.21. The van der Waals surface area contributed by atoms with Crippen LogP contribution in [0.4, 0.5) is 5.69 Å². The molecule has 158 valence electrons. The Morgan fingerprint density at radius 2 is 1.83 bits per heavy atom. The van der Waals surface area contributed by atoms with Crippen molar-refractivity contribution >= 4 is 56.4 Å². The summed E-state index contributed by atoms with van der Waals surface area (Å²) in [5, 5.41) is 3.11. The first-order chi connectivity index (χ1) is 14.2. The minimum Gasteiger partial charge on any atom is -0.350 e. The van der Waals surface area contributed by atoms with Crippen molar-refractivity contribution in [2.75, 3.05) is 17.1 Å². The van der Waals surface area contributed by atoms with E-state index in [1.165, 1.54) is 12.1 Å². The summed E-state index contributed by atoms with van der Waals surface area (Å²) in [6.45, 7) is -0.274. The molecule has 0 aliphatic carbocycles. The van der Waals surface area contributed by atoms with Crippen LogP contribution in [0.1, 0.15) is 5.56 Å². The van der Waals surface area contributed by atoms with E-state index in [2.05, 4.69) is 10.3 Å². The summed E-state index contributed by atoms with van der Waals surface area (Å²) >= 11 is 18.1. The van der Waals surface area contributed by atoms with Gasteiger partial charge in [0.15, 0.2) is 0 Å². The number of imidazole rings is 1. The third-order valence-electron chi connectivity index (χ3n) is 4.20. The molecule has 0 radical (unpaired) electrons. The normalized spacial score (nSPS) is 11.3. The highest BCUT2D eigenvalue weighted by Gasteiger charge is 2.24. The van der Waals surface area contributed by atoms with E-state index in [0.29, 0.717) is 0 Å². The fourth-order valence-corrected chi connectivity index (χ4v) is 4.33. The molecular formula is C19H17Cl3N4O3S. The Kier molecular flexibility index (Phi) is 6.92. The van der Waals surface area contributed by atoms with Gasteiger partial charge in [0.1, 0.15) is 6.54 Å². The number of carbonyl (C=O) groups is 1. The number of nitrogens with one attached hydrogen (secondary N) is 1. The predicted octanol–water partition coefficient (Wildman–Crippen LogP) is 3.91. The van der Waals surface area contributed by atoms with E-state index in [9.17, 15) is 13.2 Å². The third-order valence-corrected chi connectivity index (χ3v) is 6.35. The monoisotopic (exact) mass is 486 g/mol. The molecule has 7 nitrogen and oxygen atoms in total. The number of benzene rings is 2. The number of nitrogens with zero attached hydrogens (tertiary/aromatic N) is 3. The molecule has 0 aliphatic heterocycles. The average molecular weight is 488 g/mol. The molecule has 1 aromatic heterocycles. The Bertz CT molecular complexity index is 1170. The number of carbonyl (C=O) groups excluding carboxylic acids is 1. The van der Waals surface area contributed by atoms with E-state index >= 15 is 0 Å². The van der Waals surface area contributed by atoms with Gasteiger partial charge < -0.3 is 9.88 Å². The second-order valence-corrected chi connectivity index (χ2v) is 9.49. The largest absolute Gasteiger partial charge is 0.350 e. The number of anilines is 1. The first kappa shape index (κ1) is 22.4. The summed E-state index contributed by atoms with van der Waals surface area (Å²) < 4.78 is 27.3. The van der Waals surface area contributed by atoms with Crippen LogP contribution < -0.4 is 9.62 Å². The molecule has 3 rings (SSSR count). The fourth-order valence-electron chi connectivity index (χ4n) is 2.78. The van der Waals surface area contributed by atoms with Gasteiger partial charge in [-0.1, -0.05) is 53.0 Å². The highest BCUT2D eigenvalue weighted by molar-refractivity contribution is 7.92. The minimum absolute atomic E-state index is 0.0630. The summed E-state index contributed by atoms with van der Waals surface area (Å²) in [4.78, 5) is 16.6. The number of rotatable bonds is 7. The maximum absolute atomic E-state index is 12.6. The van der Waals surface area contributed by atoms with Crippen molar-refractivity contribution in [1.82, 2.24) is 14.9 Å². The van der Waals surface area contributed by atoms with Crippen LogP contribution in [0.3, 0.4) is 0 Å². The van der Waals surface area contributed by atoms with Gasteiger partial charge in [0.2, 0.25) is 15.9 Å². The molecule has 0 atom stereocenters. The molecule has 2 aromatic carbocycles. The molecule has 3 aromatic rings. The number of hydrogen-bond acceptors (Lipinski definition) is 4. The van der Waals surface area contributed by atoms with Crippen LogP contribution in [0.15, 0.2) is 55.1 Å². The minimum atomic E-state index is -3.82. The molecule has 30 heavy (non-hydrogen) atoms. The standard InChI is InChI=1S/C19H17Cl3N4O3S/c1-30(28,29)26(18-9-15(21)14(20)8-16(18)22)11-19(27)24-10-13-4-2-3-5-17(13)25-7-6-23-12-25/h2-9,12H,10-11H2,1H3,(H,24,27). The van der Waals surface area contributed by atoms with E-state index in [1.807, 2.05) is 28.8 Å². The summed E-state index contributed by atoms with van der Waals surface area (Å²) in [6, 6.07) is 10.1. The summed E-state index contributed by atoms with van der Waals surface area (Å²) in [5.41, 5.74) is 1.76. The van der Waals surface area contributed by atoms with E-state index in [1.54, 1.807) is 18.7 Å². The number of amides is 1. The van der Waals surface area contributed by atoms with Crippen LogP contribution >= 0.6 is 34.8 Å². The second kappa shape index (κ2) is 9.26. The molecule has 1 amide bonds. The molecule has 0 spiro atoms. The lowest BCUT2D eigenvalue weighted by atomic mass is 10.1. The molecule has 0 aliphatic rings. The molecular weight excluding hydrogens is 471 g/mol. The molecule has 0 saturated heterocycles. The number of para-hydroxylation sites is 1. The van der Waals surface area contributed by atoms with Crippen LogP contribution in [0.2, 0.25) is 15.1 Å². The van der Waals surface area contributed by atoms with Gasteiger partial charge in [-0.3, -0.25) is 9.10 Å². The fraction of sp³-hybridized carbons (Fsp3) is 0.158. The Balaban J connectivity index is 1.78. The van der Waals surface area contributed by atoms with Crippen molar-refractivity contribution in [2.45, 2.75) is 6.54 Å². The first-order valence-electron chi connectivity index (χ1n) is 8.62. The summed E-state index contributed by atoms with van der Waals surface area (Å²) in [7, 11) is -3.82. The molecule has 0 fully saturated rings. The SMILES string of the molecule is CS(=O)(=O)N(CC(=O)NCc1ccccc1-n1ccnc1)c1cc(Cl)c(Cl)cc1Cl. The maximum atomic E-state index is 12.6. The predicted molar refractivity (Wildman–Crippen MR) is 119 cm³/mol. The Hall–Kier alpha value is -2.26. The smallest absolute Gasteiger partial charge is 0.241 e. The van der Waals surface area contributed by atoms with Crippen molar-refractivity contribution in [2.24, 2.45) is 0 Å². The molecule has 1 N–H and O–H groups in total. The molecule has 0 unspecified atom stereocenters. The number of sulfonamides is 1. The van der Waals surface area contributed by atoms with E-state index in [0.717, 1.165) is 21.8 Å². The highest BCUT2D eigenvalue weighted by atomic mass is 35.5. The van der Waals surface area contributed by atoms with Crippen LogP contribution in [-0.4, -0.2) is 36.7 Å². The van der Waals surface area contributed by atoms with E-state index < -0.39 is 22.5 Å². The number of aromatic nitrogens is 2. The summed E-state index contributed by atoms with van der Waals surface area (Å²) in [6.07, 6.45) is 6.07. The van der Waals surface area contributed by atoms with E-state index in [4.69, 9.17) is 34.8 Å². The van der Waals surface area contributed by atoms with Gasteiger partial charge in [-0.2, -0.15) is 0 Å². The van der Waals surface area contributed by atoms with Crippen molar-refractivity contribution in [1.29, 1.82) is 0 Å². The Morgan fingerprint density at radius 1 is 1.13 bits per heavy atom. The first-order valence-corrected chi connectivity index (χ1v) is 11.6. The zero-order valence-corrected chi connectivity index (χ0v) is 18.8. The number of hydrogen-bond donors (Lipinski definition) is 1. The Labute approximate surface area is 189 Å².